The third-order valence-electron chi connectivity index (χ3n) is 4.18. The first-order chi connectivity index (χ1) is 13.2. The summed E-state index contributed by atoms with van der Waals surface area (Å²) >= 11 is 0. The van der Waals surface area contributed by atoms with Crippen LogP contribution in [0.15, 0.2) is 61.1 Å². The van der Waals surface area contributed by atoms with Crippen LogP contribution in [0.4, 0.5) is 5.82 Å². The fourth-order valence-corrected chi connectivity index (χ4v) is 2.88. The first-order valence-electron chi connectivity index (χ1n) is 8.35. The van der Waals surface area contributed by atoms with Gasteiger partial charge in [0, 0.05) is 18.8 Å². The first-order valence-corrected chi connectivity index (χ1v) is 8.35. The van der Waals surface area contributed by atoms with Crippen LogP contribution in [0.2, 0.25) is 0 Å². The highest BCUT2D eigenvalue weighted by Gasteiger charge is 2.14. The third-order valence-corrected chi connectivity index (χ3v) is 4.18. The Hall–Kier alpha value is -3.74. The number of aryl methyl sites for hydroxylation is 1. The standard InChI is InChI=1S/C20H17N5O2/c1-25-12-14(10-22-25)20(26)24-17-11-21-18-15(13-6-4-3-5-7-13)8-9-16(27-2)19(18)23-17/h3-12H,1-2H3,(H,23,24,26). The predicted octanol–water partition coefficient (Wildman–Crippen LogP) is 3.29. The number of nitrogens with zero attached hydrogens (tertiary/aromatic N) is 4. The summed E-state index contributed by atoms with van der Waals surface area (Å²) in [7, 11) is 3.34. The predicted molar refractivity (Wildman–Crippen MR) is 103 cm³/mol. The van der Waals surface area contributed by atoms with Crippen molar-refractivity contribution in [3.63, 3.8) is 0 Å². The fraction of sp³-hybridized carbons (Fsp3) is 0.100. The highest BCUT2D eigenvalue weighted by molar-refractivity contribution is 6.04. The molecule has 134 valence electrons. The van der Waals surface area contributed by atoms with Gasteiger partial charge in [0.15, 0.2) is 5.82 Å². The number of fused-ring (bicyclic) bond motifs is 1. The van der Waals surface area contributed by atoms with E-state index in [4.69, 9.17) is 4.74 Å². The number of hydrogen-bond acceptors (Lipinski definition) is 5. The molecule has 0 aliphatic heterocycles. The van der Waals surface area contributed by atoms with Crippen molar-refractivity contribution in [3.8, 4) is 16.9 Å². The number of carbonyl (C=O) groups excluding carboxylic acids is 1. The summed E-state index contributed by atoms with van der Waals surface area (Å²) in [5, 5.41) is 6.75. The van der Waals surface area contributed by atoms with Gasteiger partial charge < -0.3 is 10.1 Å². The number of amides is 1. The molecule has 2 heterocycles. The van der Waals surface area contributed by atoms with Crippen molar-refractivity contribution in [2.24, 2.45) is 7.05 Å². The third kappa shape index (κ3) is 3.22. The first kappa shape index (κ1) is 16.7. The van der Waals surface area contributed by atoms with Gasteiger partial charge in [-0.25, -0.2) is 9.97 Å². The van der Waals surface area contributed by atoms with E-state index in [1.165, 1.54) is 6.20 Å². The molecule has 0 radical (unpaired) electrons. The zero-order valence-electron chi connectivity index (χ0n) is 14.9. The van der Waals surface area contributed by atoms with Crippen LogP contribution in [0.3, 0.4) is 0 Å². The summed E-state index contributed by atoms with van der Waals surface area (Å²) in [5.74, 6) is 0.643. The molecule has 0 bridgehead atoms. The molecule has 27 heavy (non-hydrogen) atoms. The molecule has 0 atom stereocenters. The molecule has 0 fully saturated rings. The van der Waals surface area contributed by atoms with Crippen molar-refractivity contribution < 1.29 is 9.53 Å². The number of ether oxygens (including phenoxy) is 1. The van der Waals surface area contributed by atoms with Gasteiger partial charge in [-0.2, -0.15) is 5.10 Å². The molecule has 4 rings (SSSR count). The molecule has 0 saturated heterocycles. The summed E-state index contributed by atoms with van der Waals surface area (Å²) in [6, 6.07) is 13.8. The molecule has 4 aromatic rings. The van der Waals surface area contributed by atoms with Crippen LogP contribution >= 0.6 is 0 Å². The van der Waals surface area contributed by atoms with Crippen LogP contribution in [0.25, 0.3) is 22.2 Å². The van der Waals surface area contributed by atoms with Crippen LogP contribution in [0.5, 0.6) is 5.75 Å². The minimum absolute atomic E-state index is 0.296. The van der Waals surface area contributed by atoms with E-state index >= 15 is 0 Å². The maximum absolute atomic E-state index is 12.3. The van der Waals surface area contributed by atoms with Crippen LogP contribution in [0, 0.1) is 0 Å². The largest absolute Gasteiger partial charge is 0.494 e. The SMILES string of the molecule is COc1ccc(-c2ccccc2)c2ncc(NC(=O)c3cnn(C)c3)nc12. The average Bonchev–Trinajstić information content (AvgIpc) is 3.14. The molecular weight excluding hydrogens is 342 g/mol. The molecule has 1 N–H and O–H groups in total. The summed E-state index contributed by atoms with van der Waals surface area (Å²) in [5.41, 5.74) is 3.72. The van der Waals surface area contributed by atoms with Gasteiger partial charge in [-0.15, -0.1) is 0 Å². The highest BCUT2D eigenvalue weighted by atomic mass is 16.5. The van der Waals surface area contributed by atoms with Crippen LogP contribution in [-0.2, 0) is 7.05 Å². The van der Waals surface area contributed by atoms with E-state index < -0.39 is 0 Å². The molecule has 0 aliphatic rings. The Morgan fingerprint density at radius 3 is 2.59 bits per heavy atom. The Balaban J connectivity index is 1.76. The number of rotatable bonds is 4. The maximum Gasteiger partial charge on any atom is 0.260 e. The topological polar surface area (TPSA) is 81.9 Å². The number of anilines is 1. The van der Waals surface area contributed by atoms with Crippen LogP contribution in [-0.4, -0.2) is 32.8 Å². The van der Waals surface area contributed by atoms with Gasteiger partial charge in [-0.1, -0.05) is 30.3 Å². The quantitative estimate of drug-likeness (QED) is 0.605. The smallest absolute Gasteiger partial charge is 0.260 e. The van der Waals surface area contributed by atoms with Gasteiger partial charge in [0.05, 0.1) is 25.1 Å². The minimum Gasteiger partial charge on any atom is -0.494 e. The zero-order valence-corrected chi connectivity index (χ0v) is 14.9. The van der Waals surface area contributed by atoms with Gasteiger partial charge in [0.1, 0.15) is 16.8 Å². The normalized spacial score (nSPS) is 10.7. The lowest BCUT2D eigenvalue weighted by Gasteiger charge is -2.11. The van der Waals surface area contributed by atoms with E-state index in [1.54, 1.807) is 31.2 Å². The lowest BCUT2D eigenvalue weighted by molar-refractivity contribution is 0.102. The van der Waals surface area contributed by atoms with Crippen molar-refractivity contribution in [2.75, 3.05) is 12.4 Å². The second kappa shape index (κ2) is 6.87. The Morgan fingerprint density at radius 2 is 1.89 bits per heavy atom. The Kier molecular flexibility index (Phi) is 4.25. The Morgan fingerprint density at radius 1 is 1.07 bits per heavy atom. The highest BCUT2D eigenvalue weighted by Crippen LogP contribution is 2.32. The van der Waals surface area contributed by atoms with Crippen molar-refractivity contribution in [1.29, 1.82) is 0 Å². The number of hydrogen-bond donors (Lipinski definition) is 1. The molecule has 2 aromatic heterocycles. The molecule has 0 aliphatic carbocycles. The van der Waals surface area contributed by atoms with Gasteiger partial charge in [0.25, 0.3) is 5.91 Å². The Bertz CT molecular complexity index is 1120. The maximum atomic E-state index is 12.3. The monoisotopic (exact) mass is 359 g/mol. The molecular formula is C20H17N5O2. The van der Waals surface area contributed by atoms with Gasteiger partial charge in [0.2, 0.25) is 0 Å². The molecule has 7 nitrogen and oxygen atoms in total. The van der Waals surface area contributed by atoms with Gasteiger partial charge >= 0.3 is 0 Å². The zero-order chi connectivity index (χ0) is 18.8. The van der Waals surface area contributed by atoms with Crippen LogP contribution in [0.1, 0.15) is 10.4 Å². The number of methoxy groups -OCH3 is 1. The van der Waals surface area contributed by atoms with E-state index in [0.717, 1.165) is 11.1 Å². The number of nitrogens with one attached hydrogen (secondary N) is 1. The summed E-state index contributed by atoms with van der Waals surface area (Å²) in [4.78, 5) is 21.4. The minimum atomic E-state index is -0.296. The molecule has 0 saturated carbocycles. The van der Waals surface area contributed by atoms with Gasteiger partial charge in [-0.3, -0.25) is 9.48 Å². The van der Waals surface area contributed by atoms with Gasteiger partial charge in [-0.05, 0) is 17.7 Å². The fourth-order valence-electron chi connectivity index (χ4n) is 2.88. The average molecular weight is 359 g/mol. The molecule has 0 unspecified atom stereocenters. The van der Waals surface area contributed by atoms with Crippen molar-refractivity contribution in [2.45, 2.75) is 0 Å². The Labute approximate surface area is 155 Å². The number of aromatic nitrogens is 4. The van der Waals surface area contributed by atoms with Crippen molar-refractivity contribution >= 4 is 22.8 Å². The molecule has 0 spiro atoms. The summed E-state index contributed by atoms with van der Waals surface area (Å²) < 4.78 is 7.00. The number of carbonyl (C=O) groups is 1. The molecule has 7 heteroatoms. The van der Waals surface area contributed by atoms with E-state index in [9.17, 15) is 4.79 Å². The van der Waals surface area contributed by atoms with Crippen molar-refractivity contribution in [1.82, 2.24) is 19.7 Å². The van der Waals surface area contributed by atoms with Crippen molar-refractivity contribution in [3.05, 3.63) is 66.6 Å². The van der Waals surface area contributed by atoms with E-state index in [1.807, 2.05) is 42.5 Å². The lowest BCUT2D eigenvalue weighted by Crippen LogP contribution is -2.12. The molecule has 2 aromatic carbocycles. The lowest BCUT2D eigenvalue weighted by atomic mass is 10.0. The second-order valence-corrected chi connectivity index (χ2v) is 5.99. The second-order valence-electron chi connectivity index (χ2n) is 5.99. The number of benzene rings is 2. The summed E-state index contributed by atoms with van der Waals surface area (Å²) in [6.45, 7) is 0. The molecule has 1 amide bonds. The van der Waals surface area contributed by atoms with E-state index in [0.29, 0.717) is 28.2 Å². The van der Waals surface area contributed by atoms with E-state index in [-0.39, 0.29) is 5.91 Å². The summed E-state index contributed by atoms with van der Waals surface area (Å²) in [6.07, 6.45) is 4.68. The van der Waals surface area contributed by atoms with E-state index in [2.05, 4.69) is 20.4 Å². The van der Waals surface area contributed by atoms with Crippen LogP contribution < -0.4 is 10.1 Å².